The van der Waals surface area contributed by atoms with Crippen molar-refractivity contribution in [1.29, 1.82) is 5.26 Å². The molecule has 0 saturated heterocycles. The standard InChI is InChI=1S/C7H5BrN2O/c1-11-7-5(4-9)6(8)2-3-10-7/h2-3H,1H3/i1D3. The maximum Gasteiger partial charge on any atom is 0.232 e. The van der Waals surface area contributed by atoms with Crippen molar-refractivity contribution in [1.82, 2.24) is 4.98 Å². The second kappa shape index (κ2) is 3.35. The monoisotopic (exact) mass is 215 g/mol. The largest absolute Gasteiger partial charge is 0.480 e. The van der Waals surface area contributed by atoms with Crippen molar-refractivity contribution in [2.75, 3.05) is 7.04 Å². The smallest absolute Gasteiger partial charge is 0.232 e. The topological polar surface area (TPSA) is 45.9 Å². The van der Waals surface area contributed by atoms with Crippen molar-refractivity contribution >= 4 is 15.9 Å². The maximum absolute atomic E-state index is 8.71. The molecular weight excluding hydrogens is 208 g/mol. The molecule has 0 aliphatic carbocycles. The molecule has 1 heterocycles. The Bertz CT molecular complexity index is 386. The summed E-state index contributed by atoms with van der Waals surface area (Å²) in [7, 11) is -2.60. The van der Waals surface area contributed by atoms with Gasteiger partial charge in [0, 0.05) is 10.7 Å². The summed E-state index contributed by atoms with van der Waals surface area (Å²) in [5.41, 5.74) is 0.0728. The van der Waals surface area contributed by atoms with Crippen molar-refractivity contribution in [3.8, 4) is 11.9 Å². The van der Waals surface area contributed by atoms with Gasteiger partial charge in [-0.2, -0.15) is 5.26 Å². The minimum absolute atomic E-state index is 0.0728. The van der Waals surface area contributed by atoms with Gasteiger partial charge in [-0.15, -0.1) is 0 Å². The lowest BCUT2D eigenvalue weighted by atomic mass is 10.3. The van der Waals surface area contributed by atoms with E-state index in [0.717, 1.165) is 0 Å². The van der Waals surface area contributed by atoms with E-state index in [2.05, 4.69) is 25.7 Å². The van der Waals surface area contributed by atoms with E-state index in [-0.39, 0.29) is 11.4 Å². The van der Waals surface area contributed by atoms with Crippen LogP contribution in [0.15, 0.2) is 16.7 Å². The first kappa shape index (κ1) is 4.73. The molecule has 4 heteroatoms. The zero-order chi connectivity index (χ0) is 10.8. The Morgan fingerprint density at radius 1 is 1.91 bits per heavy atom. The van der Waals surface area contributed by atoms with Gasteiger partial charge in [0.05, 0.1) is 11.2 Å². The van der Waals surface area contributed by atoms with E-state index in [1.54, 1.807) is 6.07 Å². The molecule has 0 N–H and O–H groups in total. The quantitative estimate of drug-likeness (QED) is 0.717. The lowest BCUT2D eigenvalue weighted by molar-refractivity contribution is 0.396. The molecule has 0 unspecified atom stereocenters. The van der Waals surface area contributed by atoms with Crippen molar-refractivity contribution in [2.24, 2.45) is 0 Å². The van der Waals surface area contributed by atoms with Gasteiger partial charge in [0.2, 0.25) is 5.88 Å². The minimum Gasteiger partial charge on any atom is -0.480 e. The lowest BCUT2D eigenvalue weighted by Gasteiger charge is -2.00. The predicted octanol–water partition coefficient (Wildman–Crippen LogP) is 1.72. The third-order valence-corrected chi connectivity index (χ3v) is 1.73. The molecule has 0 aliphatic heterocycles. The van der Waals surface area contributed by atoms with Gasteiger partial charge in [-0.25, -0.2) is 4.98 Å². The fraction of sp³-hybridized carbons (Fsp3) is 0.143. The Kier molecular flexibility index (Phi) is 1.44. The Morgan fingerprint density at radius 3 is 3.36 bits per heavy atom. The van der Waals surface area contributed by atoms with Gasteiger partial charge in [-0.3, -0.25) is 0 Å². The van der Waals surface area contributed by atoms with E-state index < -0.39 is 7.04 Å². The van der Waals surface area contributed by atoms with Crippen LogP contribution in [0.1, 0.15) is 9.68 Å². The summed E-state index contributed by atoms with van der Waals surface area (Å²) in [5, 5.41) is 8.71. The van der Waals surface area contributed by atoms with Gasteiger partial charge in [0.1, 0.15) is 11.6 Å². The molecule has 56 valence electrons. The molecule has 0 aromatic carbocycles. The first-order valence-electron chi connectivity index (χ1n) is 4.17. The normalized spacial score (nSPS) is 14.0. The third kappa shape index (κ3) is 1.49. The van der Waals surface area contributed by atoms with Crippen LogP contribution in [0.2, 0.25) is 0 Å². The number of ether oxygens (including phenoxy) is 1. The highest BCUT2D eigenvalue weighted by Crippen LogP contribution is 2.22. The highest BCUT2D eigenvalue weighted by atomic mass is 79.9. The number of pyridine rings is 1. The average Bonchev–Trinajstić information content (AvgIpc) is 2.01. The van der Waals surface area contributed by atoms with E-state index in [0.29, 0.717) is 4.47 Å². The number of aromatic nitrogens is 1. The number of nitriles is 1. The van der Waals surface area contributed by atoms with Crippen molar-refractivity contribution < 1.29 is 8.85 Å². The molecule has 0 saturated carbocycles. The molecule has 1 aromatic heterocycles. The molecular formula is C7H5BrN2O. The summed E-state index contributed by atoms with van der Waals surface area (Å²) in [5.74, 6) is -0.193. The van der Waals surface area contributed by atoms with Gasteiger partial charge in [-0.05, 0) is 22.0 Å². The first-order chi connectivity index (χ1) is 6.44. The third-order valence-electron chi connectivity index (χ3n) is 1.07. The molecule has 3 nitrogen and oxygen atoms in total. The zero-order valence-electron chi connectivity index (χ0n) is 8.34. The van der Waals surface area contributed by atoms with Crippen LogP contribution >= 0.6 is 15.9 Å². The molecule has 0 aliphatic rings. The van der Waals surface area contributed by atoms with Gasteiger partial charge in [-0.1, -0.05) is 0 Å². The Morgan fingerprint density at radius 2 is 2.73 bits per heavy atom. The molecule has 0 atom stereocenters. The number of hydrogen-bond acceptors (Lipinski definition) is 3. The lowest BCUT2D eigenvalue weighted by Crippen LogP contribution is -1.91. The molecule has 1 aromatic rings. The zero-order valence-corrected chi connectivity index (χ0v) is 6.92. The van der Waals surface area contributed by atoms with E-state index >= 15 is 0 Å². The van der Waals surface area contributed by atoms with E-state index in [9.17, 15) is 0 Å². The van der Waals surface area contributed by atoms with Gasteiger partial charge >= 0.3 is 0 Å². The average molecular weight is 216 g/mol. The number of rotatable bonds is 1. The summed E-state index contributed by atoms with van der Waals surface area (Å²) in [6.45, 7) is 0. The second-order valence-corrected chi connectivity index (χ2v) is 2.54. The summed E-state index contributed by atoms with van der Waals surface area (Å²) in [6.07, 6.45) is 1.35. The number of methoxy groups -OCH3 is 1. The summed E-state index contributed by atoms with van der Waals surface area (Å²) < 4.78 is 25.6. The van der Waals surface area contributed by atoms with Crippen LogP contribution in [-0.2, 0) is 0 Å². The summed E-state index contributed by atoms with van der Waals surface area (Å²) in [6, 6.07) is 3.33. The van der Waals surface area contributed by atoms with Crippen molar-refractivity contribution in [2.45, 2.75) is 0 Å². The van der Waals surface area contributed by atoms with Crippen LogP contribution in [0, 0.1) is 11.3 Å². The van der Waals surface area contributed by atoms with Crippen LogP contribution in [0.5, 0.6) is 5.88 Å². The van der Waals surface area contributed by atoms with E-state index in [1.165, 1.54) is 12.3 Å². The highest BCUT2D eigenvalue weighted by molar-refractivity contribution is 9.10. The van der Waals surface area contributed by atoms with Crippen LogP contribution in [0.4, 0.5) is 0 Å². The maximum atomic E-state index is 8.71. The highest BCUT2D eigenvalue weighted by Gasteiger charge is 2.05. The van der Waals surface area contributed by atoms with Crippen LogP contribution in [0.25, 0.3) is 0 Å². The van der Waals surface area contributed by atoms with Crippen molar-refractivity contribution in [3.05, 3.63) is 22.3 Å². The molecule has 11 heavy (non-hydrogen) atoms. The number of halogens is 1. The molecule has 0 fully saturated rings. The van der Waals surface area contributed by atoms with E-state index in [1.807, 2.05) is 0 Å². The SMILES string of the molecule is [2H]C([2H])([2H])Oc1nccc(Br)c1C#N. The van der Waals surface area contributed by atoms with E-state index in [4.69, 9.17) is 9.37 Å². The van der Waals surface area contributed by atoms with Crippen LogP contribution in [0.3, 0.4) is 0 Å². The molecule has 1 rings (SSSR count). The van der Waals surface area contributed by atoms with Gasteiger partial charge < -0.3 is 4.74 Å². The fourth-order valence-corrected chi connectivity index (χ4v) is 0.976. The summed E-state index contributed by atoms with van der Waals surface area (Å²) in [4.78, 5) is 3.66. The van der Waals surface area contributed by atoms with Crippen LogP contribution in [-0.4, -0.2) is 12.0 Å². The second-order valence-electron chi connectivity index (χ2n) is 1.69. The number of nitrogens with zero attached hydrogens (tertiary/aromatic N) is 2. The molecule has 0 bridgehead atoms. The van der Waals surface area contributed by atoms with Gasteiger partial charge in [0.15, 0.2) is 0 Å². The van der Waals surface area contributed by atoms with Crippen LogP contribution < -0.4 is 4.74 Å². The Hall–Kier alpha value is -1.08. The van der Waals surface area contributed by atoms with Crippen molar-refractivity contribution in [3.63, 3.8) is 0 Å². The molecule has 0 radical (unpaired) electrons. The minimum atomic E-state index is -2.60. The Labute approximate surface area is 77.0 Å². The van der Waals surface area contributed by atoms with Gasteiger partial charge in [0.25, 0.3) is 0 Å². The molecule has 0 spiro atoms. The molecule has 0 amide bonds. The predicted molar refractivity (Wildman–Crippen MR) is 43.2 cm³/mol. The Balaban J connectivity index is 3.10. The first-order valence-corrected chi connectivity index (χ1v) is 3.47. The summed E-state index contributed by atoms with van der Waals surface area (Å²) >= 11 is 3.09. The number of hydrogen-bond donors (Lipinski definition) is 0. The fourth-order valence-electron chi connectivity index (χ4n) is 0.599.